The summed E-state index contributed by atoms with van der Waals surface area (Å²) in [7, 11) is 0. The monoisotopic (exact) mass is 565 g/mol. The summed E-state index contributed by atoms with van der Waals surface area (Å²) in [6.45, 7) is 15.6. The van der Waals surface area contributed by atoms with Gasteiger partial charge in [0.15, 0.2) is 0 Å². The summed E-state index contributed by atoms with van der Waals surface area (Å²) in [4.78, 5) is 12.8. The Hall–Kier alpha value is -4.46. The van der Waals surface area contributed by atoms with Gasteiger partial charge in [-0.2, -0.15) is 0 Å². The number of aliphatic imine (C=N–C) groups is 1. The Morgan fingerprint density at radius 1 is 0.767 bits per heavy atom. The fraction of sp³-hybridized carbons (Fsp3) is 0.275. The molecule has 1 aromatic carbocycles. The number of allylic oxidation sites excluding steroid dienone is 13. The minimum atomic E-state index is -0.0957. The molecule has 1 aromatic heterocycles. The van der Waals surface area contributed by atoms with E-state index in [2.05, 4.69) is 162 Å². The van der Waals surface area contributed by atoms with Crippen LogP contribution in [0.4, 0.5) is 5.82 Å². The number of hydrogen-bond donors (Lipinski definition) is 0. The van der Waals surface area contributed by atoms with Crippen LogP contribution in [-0.2, 0) is 0 Å². The highest BCUT2D eigenvalue weighted by Gasteiger charge is 2.26. The van der Waals surface area contributed by atoms with Crippen LogP contribution in [0.15, 0.2) is 154 Å². The molecule has 0 N–H and O–H groups in total. The standard InChI is InChI=1S/C40H43N3/c1-29-16-11-12-19-31(26-29)36-20-13-14-22-37(42-36)43(38-23-15-21-35(41-38)30-17-9-8-10-18-30)34-27-32(39(2,3)4)24-25-33(28-34)40(5,6)7/h8-10,12-13,15-24,26-28H,11,14H2,1-7H3. The second-order valence-electron chi connectivity index (χ2n) is 13.3. The predicted octanol–water partition coefficient (Wildman–Crippen LogP) is 10.6. The minimum absolute atomic E-state index is 0.0714. The van der Waals surface area contributed by atoms with E-state index < -0.39 is 0 Å². The van der Waals surface area contributed by atoms with Crippen LogP contribution in [0.25, 0.3) is 11.3 Å². The predicted molar refractivity (Wildman–Crippen MR) is 184 cm³/mol. The van der Waals surface area contributed by atoms with Crippen molar-refractivity contribution in [1.29, 1.82) is 0 Å². The molecule has 0 radical (unpaired) electrons. The van der Waals surface area contributed by atoms with E-state index in [-0.39, 0.29) is 10.8 Å². The second kappa shape index (κ2) is 12.4. The molecule has 2 heterocycles. The van der Waals surface area contributed by atoms with Gasteiger partial charge < -0.3 is 0 Å². The lowest BCUT2D eigenvalue weighted by atomic mass is 9.85. The lowest BCUT2D eigenvalue weighted by Crippen LogP contribution is -2.24. The molecule has 3 nitrogen and oxygen atoms in total. The molecule has 5 rings (SSSR count). The Labute approximate surface area is 258 Å². The van der Waals surface area contributed by atoms with Gasteiger partial charge in [-0.1, -0.05) is 114 Å². The van der Waals surface area contributed by atoms with Gasteiger partial charge in [0.1, 0.15) is 11.6 Å². The highest BCUT2D eigenvalue weighted by atomic mass is 15.3. The van der Waals surface area contributed by atoms with E-state index in [1.165, 1.54) is 11.1 Å². The van der Waals surface area contributed by atoms with Crippen molar-refractivity contribution in [1.82, 2.24) is 4.98 Å². The SMILES string of the molecule is CC1=CCC=CC(C2=NC(N(C3=CC(C(C)(C)C)=C=CC(C(C)(C)C)=C3)c3cccc(-c4ccccc4)n3)=CCC=C2)=C1. The van der Waals surface area contributed by atoms with E-state index in [0.717, 1.165) is 58.3 Å². The van der Waals surface area contributed by atoms with Crippen molar-refractivity contribution in [2.24, 2.45) is 15.8 Å². The highest BCUT2D eigenvalue weighted by molar-refractivity contribution is 6.11. The zero-order chi connectivity index (χ0) is 30.6. The minimum Gasteiger partial charge on any atom is -0.279 e. The first kappa shape index (κ1) is 30.0. The number of rotatable bonds is 5. The number of nitrogens with zero attached hydrogens (tertiary/aromatic N) is 3. The van der Waals surface area contributed by atoms with E-state index in [1.807, 2.05) is 6.07 Å². The Kier molecular flexibility index (Phi) is 8.67. The maximum absolute atomic E-state index is 5.35. The van der Waals surface area contributed by atoms with Gasteiger partial charge in [-0.05, 0) is 78.7 Å². The molecule has 0 unspecified atom stereocenters. The van der Waals surface area contributed by atoms with Crippen LogP contribution in [0.1, 0.15) is 61.3 Å². The first-order valence-electron chi connectivity index (χ1n) is 15.2. The largest absolute Gasteiger partial charge is 0.279 e. The van der Waals surface area contributed by atoms with E-state index in [4.69, 9.17) is 9.98 Å². The second-order valence-corrected chi connectivity index (χ2v) is 13.3. The summed E-state index contributed by atoms with van der Waals surface area (Å²) in [5.74, 6) is 1.67. The molecule has 43 heavy (non-hydrogen) atoms. The maximum atomic E-state index is 5.35. The van der Waals surface area contributed by atoms with Gasteiger partial charge >= 0.3 is 0 Å². The van der Waals surface area contributed by atoms with Crippen molar-refractivity contribution in [3.63, 3.8) is 0 Å². The Bertz CT molecular complexity index is 1690. The highest BCUT2D eigenvalue weighted by Crippen LogP contribution is 2.37. The van der Waals surface area contributed by atoms with Crippen LogP contribution in [-0.4, -0.2) is 10.7 Å². The topological polar surface area (TPSA) is 28.5 Å². The van der Waals surface area contributed by atoms with E-state index in [9.17, 15) is 0 Å². The van der Waals surface area contributed by atoms with Gasteiger partial charge in [-0.3, -0.25) is 4.90 Å². The third kappa shape index (κ3) is 7.31. The lowest BCUT2D eigenvalue weighted by Gasteiger charge is -2.29. The van der Waals surface area contributed by atoms with Crippen molar-refractivity contribution >= 4 is 11.5 Å². The molecule has 1 aliphatic heterocycles. The lowest BCUT2D eigenvalue weighted by molar-refractivity contribution is 0.514. The Morgan fingerprint density at radius 2 is 1.51 bits per heavy atom. The average molecular weight is 566 g/mol. The normalized spacial score (nSPS) is 17.3. The van der Waals surface area contributed by atoms with Crippen molar-refractivity contribution in [3.8, 4) is 11.3 Å². The van der Waals surface area contributed by atoms with Crippen LogP contribution in [0.2, 0.25) is 0 Å². The van der Waals surface area contributed by atoms with Crippen molar-refractivity contribution < 1.29 is 0 Å². The molecule has 0 saturated carbocycles. The van der Waals surface area contributed by atoms with Crippen LogP contribution in [0.5, 0.6) is 0 Å². The van der Waals surface area contributed by atoms with Gasteiger partial charge in [0.05, 0.1) is 17.1 Å². The van der Waals surface area contributed by atoms with Crippen LogP contribution >= 0.6 is 0 Å². The Morgan fingerprint density at radius 3 is 2.26 bits per heavy atom. The van der Waals surface area contributed by atoms with Crippen LogP contribution < -0.4 is 4.90 Å². The molecule has 2 aliphatic carbocycles. The third-order valence-corrected chi connectivity index (χ3v) is 7.67. The molecule has 0 bridgehead atoms. The molecule has 2 aromatic rings. The van der Waals surface area contributed by atoms with E-state index in [0.29, 0.717) is 0 Å². The quantitative estimate of drug-likeness (QED) is 0.337. The molecule has 0 fully saturated rings. The summed E-state index contributed by atoms with van der Waals surface area (Å²) in [5, 5.41) is 0. The van der Waals surface area contributed by atoms with Gasteiger partial charge in [-0.15, -0.1) is 5.73 Å². The number of anilines is 1. The third-order valence-electron chi connectivity index (χ3n) is 7.67. The summed E-state index contributed by atoms with van der Waals surface area (Å²) in [5.41, 5.74) is 12.1. The van der Waals surface area contributed by atoms with Crippen molar-refractivity contribution in [2.45, 2.75) is 61.3 Å². The van der Waals surface area contributed by atoms with Crippen molar-refractivity contribution in [3.05, 3.63) is 149 Å². The molecule has 0 atom stereocenters. The van der Waals surface area contributed by atoms with Gasteiger partial charge in [0.2, 0.25) is 0 Å². The zero-order valence-electron chi connectivity index (χ0n) is 26.6. The first-order valence-corrected chi connectivity index (χ1v) is 15.2. The van der Waals surface area contributed by atoms with Gasteiger partial charge in [0.25, 0.3) is 0 Å². The zero-order valence-corrected chi connectivity index (χ0v) is 26.6. The molecular formula is C40H43N3. The molecule has 0 spiro atoms. The average Bonchev–Trinajstić information content (AvgIpc) is 3.44. The molecule has 0 amide bonds. The maximum Gasteiger partial charge on any atom is 0.139 e. The number of benzene rings is 1. The molecule has 218 valence electrons. The molecule has 3 aliphatic rings. The molecular weight excluding hydrogens is 522 g/mol. The fourth-order valence-corrected chi connectivity index (χ4v) is 5.10. The number of hydrogen-bond acceptors (Lipinski definition) is 3. The van der Waals surface area contributed by atoms with E-state index >= 15 is 0 Å². The summed E-state index contributed by atoms with van der Waals surface area (Å²) >= 11 is 0. The fourth-order valence-electron chi connectivity index (χ4n) is 5.10. The summed E-state index contributed by atoms with van der Waals surface area (Å²) in [6, 6.07) is 16.6. The number of pyridine rings is 1. The first-order chi connectivity index (χ1) is 20.5. The number of aromatic nitrogens is 1. The molecule has 3 heteroatoms. The summed E-state index contributed by atoms with van der Waals surface area (Å²) < 4.78 is 0. The van der Waals surface area contributed by atoms with Gasteiger partial charge in [-0.25, -0.2) is 9.98 Å². The van der Waals surface area contributed by atoms with Gasteiger partial charge in [0, 0.05) is 16.7 Å². The van der Waals surface area contributed by atoms with Crippen LogP contribution in [0, 0.1) is 10.8 Å². The molecule has 0 saturated heterocycles. The van der Waals surface area contributed by atoms with E-state index in [1.54, 1.807) is 0 Å². The van der Waals surface area contributed by atoms with Crippen LogP contribution in [0.3, 0.4) is 0 Å². The Balaban J connectivity index is 1.74. The summed E-state index contributed by atoms with van der Waals surface area (Å²) in [6.07, 6.45) is 23.8. The van der Waals surface area contributed by atoms with Crippen molar-refractivity contribution in [2.75, 3.05) is 4.90 Å². The smallest absolute Gasteiger partial charge is 0.139 e.